The lowest BCUT2D eigenvalue weighted by molar-refractivity contribution is -0.0952. The Morgan fingerprint density at radius 2 is 2.03 bits per heavy atom. The number of hydrogen-bond acceptors (Lipinski definition) is 9. The van der Waals surface area contributed by atoms with Crippen LogP contribution in [0.1, 0.15) is 26.3 Å². The lowest BCUT2D eigenvalue weighted by Gasteiger charge is -2.39. The molecule has 9 heteroatoms. The second-order valence-corrected chi connectivity index (χ2v) is 8.56. The Morgan fingerprint density at radius 1 is 1.30 bits per heavy atom. The van der Waals surface area contributed by atoms with E-state index in [1.54, 1.807) is 14.0 Å². The first-order valence-corrected chi connectivity index (χ1v) is 10.4. The number of fused-ring (bicyclic) bond motifs is 3. The zero-order valence-electron chi connectivity index (χ0n) is 18.1. The van der Waals surface area contributed by atoms with Gasteiger partial charge in [-0.1, -0.05) is 0 Å². The predicted octanol–water partition coefficient (Wildman–Crippen LogP) is 0.956. The van der Waals surface area contributed by atoms with Gasteiger partial charge >= 0.3 is 0 Å². The van der Waals surface area contributed by atoms with Gasteiger partial charge in [0.1, 0.15) is 23.7 Å². The first kappa shape index (κ1) is 20.9. The standard InChI is InChI=1S/C21H31N5O4/c1-13-9-25(10-14(2)30-13)11-21(3,27)12-29-16-6-5-15-17(18(16)28-4)24-20(22)26-8-7-23-19(15)26/h5-6,13-14,27H,7-12H2,1-4H3,(H2,22,24). The highest BCUT2D eigenvalue weighted by Crippen LogP contribution is 2.43. The molecule has 3 atom stereocenters. The molecule has 1 aromatic rings. The molecule has 1 aromatic carbocycles. The Labute approximate surface area is 177 Å². The van der Waals surface area contributed by atoms with Crippen molar-refractivity contribution in [2.24, 2.45) is 15.7 Å². The van der Waals surface area contributed by atoms with E-state index in [1.165, 1.54) is 0 Å². The monoisotopic (exact) mass is 417 g/mol. The van der Waals surface area contributed by atoms with Crippen LogP contribution >= 0.6 is 0 Å². The largest absolute Gasteiger partial charge is 0.491 e. The van der Waals surface area contributed by atoms with Crippen molar-refractivity contribution in [3.8, 4) is 11.5 Å². The lowest BCUT2D eigenvalue weighted by atomic mass is 10.1. The van der Waals surface area contributed by atoms with Crippen LogP contribution in [0.4, 0.5) is 5.69 Å². The molecule has 9 nitrogen and oxygen atoms in total. The SMILES string of the molecule is COc1c(OCC(C)(O)CN2CC(C)OC(C)C2)ccc2c1N=C(N)N1CCN=C21. The molecule has 1 saturated heterocycles. The summed E-state index contributed by atoms with van der Waals surface area (Å²) >= 11 is 0. The van der Waals surface area contributed by atoms with Crippen molar-refractivity contribution in [2.75, 3.05) is 46.4 Å². The molecule has 0 aliphatic carbocycles. The molecular formula is C21H31N5O4. The minimum atomic E-state index is -1.04. The van der Waals surface area contributed by atoms with Crippen molar-refractivity contribution in [2.45, 2.75) is 38.6 Å². The fourth-order valence-electron chi connectivity index (χ4n) is 4.40. The number of ether oxygens (including phenoxy) is 3. The van der Waals surface area contributed by atoms with Gasteiger partial charge in [-0.3, -0.25) is 14.8 Å². The average molecular weight is 418 g/mol. The molecule has 0 saturated carbocycles. The summed E-state index contributed by atoms with van der Waals surface area (Å²) in [6.45, 7) is 9.49. The van der Waals surface area contributed by atoms with Crippen LogP contribution in [0.5, 0.6) is 11.5 Å². The average Bonchev–Trinajstić information content (AvgIpc) is 3.15. The normalized spacial score (nSPS) is 25.7. The van der Waals surface area contributed by atoms with E-state index in [2.05, 4.69) is 14.9 Å². The number of rotatable bonds is 6. The van der Waals surface area contributed by atoms with Crippen LogP contribution in [0.15, 0.2) is 22.1 Å². The van der Waals surface area contributed by atoms with Crippen LogP contribution in [0.3, 0.4) is 0 Å². The van der Waals surface area contributed by atoms with E-state index in [0.717, 1.165) is 31.0 Å². The first-order valence-electron chi connectivity index (χ1n) is 10.4. The minimum Gasteiger partial charge on any atom is -0.491 e. The molecule has 0 radical (unpaired) electrons. The molecular weight excluding hydrogens is 386 g/mol. The van der Waals surface area contributed by atoms with E-state index < -0.39 is 5.60 Å². The van der Waals surface area contributed by atoms with E-state index in [9.17, 15) is 5.11 Å². The Balaban J connectivity index is 1.50. The fourth-order valence-corrected chi connectivity index (χ4v) is 4.40. The number of hydrogen-bond donors (Lipinski definition) is 2. The number of benzene rings is 1. The van der Waals surface area contributed by atoms with Crippen LogP contribution in [0.25, 0.3) is 0 Å². The van der Waals surface area contributed by atoms with Crippen molar-refractivity contribution >= 4 is 17.5 Å². The number of nitrogens with zero attached hydrogens (tertiary/aromatic N) is 4. The van der Waals surface area contributed by atoms with E-state index in [1.807, 2.05) is 30.9 Å². The summed E-state index contributed by atoms with van der Waals surface area (Å²) in [5.41, 5.74) is 6.57. The summed E-state index contributed by atoms with van der Waals surface area (Å²) in [5.74, 6) is 2.22. The van der Waals surface area contributed by atoms with Crippen molar-refractivity contribution in [1.82, 2.24) is 9.80 Å². The number of β-amino-alcohol motifs (C(OH)–C–C–N with tert-alkyl or cyclic N) is 1. The van der Waals surface area contributed by atoms with Gasteiger partial charge in [-0.15, -0.1) is 0 Å². The van der Waals surface area contributed by atoms with Gasteiger partial charge in [0.15, 0.2) is 11.5 Å². The van der Waals surface area contributed by atoms with Gasteiger partial charge in [-0.25, -0.2) is 4.99 Å². The fraction of sp³-hybridized carbons (Fsp3) is 0.619. The summed E-state index contributed by atoms with van der Waals surface area (Å²) in [6.07, 6.45) is 0.292. The zero-order valence-corrected chi connectivity index (χ0v) is 18.1. The molecule has 1 fully saturated rings. The maximum absolute atomic E-state index is 10.9. The molecule has 3 unspecified atom stereocenters. The zero-order chi connectivity index (χ0) is 21.5. The number of morpholine rings is 1. The van der Waals surface area contributed by atoms with Crippen molar-refractivity contribution in [3.05, 3.63) is 17.7 Å². The molecule has 4 rings (SSSR count). The topological polar surface area (TPSA) is 105 Å². The van der Waals surface area contributed by atoms with Gasteiger partial charge in [0.2, 0.25) is 5.96 Å². The number of aliphatic hydroxyl groups is 1. The Bertz CT molecular complexity index is 859. The summed E-state index contributed by atoms with van der Waals surface area (Å²) in [7, 11) is 1.58. The minimum absolute atomic E-state index is 0.120. The Hall–Kier alpha value is -2.36. The number of nitrogens with two attached hydrogens (primary N) is 1. The summed E-state index contributed by atoms with van der Waals surface area (Å²) in [6, 6.07) is 3.75. The van der Waals surface area contributed by atoms with Crippen LogP contribution < -0.4 is 15.2 Å². The third-order valence-corrected chi connectivity index (χ3v) is 5.48. The second kappa shape index (κ2) is 8.05. The molecule has 0 aromatic heterocycles. The van der Waals surface area contributed by atoms with Crippen molar-refractivity contribution in [1.29, 1.82) is 0 Å². The smallest absolute Gasteiger partial charge is 0.202 e. The molecule has 3 aliphatic rings. The second-order valence-electron chi connectivity index (χ2n) is 8.56. The molecule has 164 valence electrons. The van der Waals surface area contributed by atoms with Gasteiger partial charge in [0.25, 0.3) is 0 Å². The lowest BCUT2D eigenvalue weighted by Crippen LogP contribution is -2.52. The number of guanidine groups is 1. The Kier molecular flexibility index (Phi) is 5.61. The van der Waals surface area contributed by atoms with Crippen LogP contribution in [-0.4, -0.2) is 91.0 Å². The Morgan fingerprint density at radius 3 is 2.73 bits per heavy atom. The maximum atomic E-state index is 10.9. The predicted molar refractivity (Wildman–Crippen MR) is 115 cm³/mol. The highest BCUT2D eigenvalue weighted by atomic mass is 16.5. The molecule has 3 aliphatic heterocycles. The van der Waals surface area contributed by atoms with E-state index in [4.69, 9.17) is 19.9 Å². The van der Waals surface area contributed by atoms with Gasteiger partial charge in [0.05, 0.1) is 25.9 Å². The van der Waals surface area contributed by atoms with Crippen LogP contribution in [-0.2, 0) is 4.74 Å². The maximum Gasteiger partial charge on any atom is 0.202 e. The molecule has 0 spiro atoms. The van der Waals surface area contributed by atoms with E-state index >= 15 is 0 Å². The highest BCUT2D eigenvalue weighted by Gasteiger charge is 2.33. The number of aliphatic imine (C=N–C) groups is 2. The van der Waals surface area contributed by atoms with E-state index in [0.29, 0.717) is 36.2 Å². The van der Waals surface area contributed by atoms with Crippen molar-refractivity contribution in [3.63, 3.8) is 0 Å². The molecule has 3 N–H and O–H groups in total. The quantitative estimate of drug-likeness (QED) is 0.710. The molecule has 0 bridgehead atoms. The van der Waals surface area contributed by atoms with Crippen molar-refractivity contribution < 1.29 is 19.3 Å². The third kappa shape index (κ3) is 4.10. The number of methoxy groups -OCH3 is 1. The summed E-state index contributed by atoms with van der Waals surface area (Å²) < 4.78 is 17.4. The van der Waals surface area contributed by atoms with Gasteiger partial charge in [-0.05, 0) is 32.9 Å². The summed E-state index contributed by atoms with van der Waals surface area (Å²) in [4.78, 5) is 13.2. The van der Waals surface area contributed by atoms with Crippen LogP contribution in [0, 0.1) is 0 Å². The first-order chi connectivity index (χ1) is 14.3. The summed E-state index contributed by atoms with van der Waals surface area (Å²) in [5, 5.41) is 10.9. The van der Waals surface area contributed by atoms with Gasteiger partial charge < -0.3 is 25.1 Å². The van der Waals surface area contributed by atoms with Gasteiger partial charge in [0, 0.05) is 31.7 Å². The number of amidine groups is 1. The third-order valence-electron chi connectivity index (χ3n) is 5.48. The molecule has 0 amide bonds. The van der Waals surface area contributed by atoms with E-state index in [-0.39, 0.29) is 18.8 Å². The molecule has 3 heterocycles. The van der Waals surface area contributed by atoms with Gasteiger partial charge in [-0.2, -0.15) is 0 Å². The molecule has 30 heavy (non-hydrogen) atoms. The highest BCUT2D eigenvalue weighted by molar-refractivity contribution is 6.16. The van der Waals surface area contributed by atoms with Crippen LogP contribution in [0.2, 0.25) is 0 Å².